The van der Waals surface area contributed by atoms with E-state index in [-0.39, 0.29) is 12.1 Å². The van der Waals surface area contributed by atoms with Crippen LogP contribution < -0.4 is 19.3 Å². The van der Waals surface area contributed by atoms with Crippen molar-refractivity contribution in [2.45, 2.75) is 19.0 Å². The van der Waals surface area contributed by atoms with Crippen LogP contribution in [0.5, 0.6) is 5.75 Å². The summed E-state index contributed by atoms with van der Waals surface area (Å²) in [6.45, 7) is 5.77. The fourth-order valence-electron chi connectivity index (χ4n) is 3.83. The maximum absolute atomic E-state index is 11.8. The number of rotatable bonds is 7. The molecule has 148 valence electrons. The molecular weight excluding hydrogens is 382 g/mol. The van der Waals surface area contributed by atoms with Gasteiger partial charge in [-0.2, -0.15) is 0 Å². The van der Waals surface area contributed by atoms with Crippen molar-refractivity contribution in [3.05, 3.63) is 46.7 Å². The summed E-state index contributed by atoms with van der Waals surface area (Å²) in [5.74, 6) is 0.862. The van der Waals surface area contributed by atoms with Crippen LogP contribution in [0, 0.1) is 0 Å². The molecule has 3 rings (SSSR count). The average Bonchev–Trinajstić information content (AvgIpc) is 3.15. The Bertz CT molecular complexity index is 814. The van der Waals surface area contributed by atoms with Crippen LogP contribution in [0.3, 0.4) is 0 Å². The van der Waals surface area contributed by atoms with Crippen LogP contribution in [0.15, 0.2) is 41.8 Å². The summed E-state index contributed by atoms with van der Waals surface area (Å²) in [5.41, 5.74) is 1.20. The first-order chi connectivity index (χ1) is 12.9. The predicted octanol–water partition coefficient (Wildman–Crippen LogP) is 1.14. The van der Waals surface area contributed by atoms with Crippen molar-refractivity contribution in [2.75, 3.05) is 44.4 Å². The fraction of sp³-hybridized carbons (Fsp3) is 0.474. The summed E-state index contributed by atoms with van der Waals surface area (Å²) in [6, 6.07) is 12.3. The molecule has 1 aromatic carbocycles. The Balaban J connectivity index is 1.70. The lowest BCUT2D eigenvalue weighted by Gasteiger charge is -2.39. The van der Waals surface area contributed by atoms with Gasteiger partial charge >= 0.3 is 0 Å². The van der Waals surface area contributed by atoms with Crippen molar-refractivity contribution in [3.63, 3.8) is 0 Å². The highest BCUT2D eigenvalue weighted by Crippen LogP contribution is 2.22. The summed E-state index contributed by atoms with van der Waals surface area (Å²) in [4.78, 5) is 5.03. The molecule has 6 nitrogen and oxygen atoms in total. The molecule has 8 heteroatoms. The first-order valence-corrected chi connectivity index (χ1v) is 11.9. The molecule has 0 bridgehead atoms. The summed E-state index contributed by atoms with van der Waals surface area (Å²) < 4.78 is 31.5. The number of benzene rings is 1. The molecule has 0 radical (unpaired) electrons. The zero-order chi connectivity index (χ0) is 19.4. The molecular formula is C19H28N3O3S2+. The molecule has 0 unspecified atom stereocenters. The summed E-state index contributed by atoms with van der Waals surface area (Å²) in [5, 5.41) is 2.06. The molecule has 2 atom stereocenters. The van der Waals surface area contributed by atoms with Crippen molar-refractivity contribution in [1.82, 2.24) is 4.72 Å². The van der Waals surface area contributed by atoms with E-state index in [2.05, 4.69) is 33.2 Å². The molecule has 2 N–H and O–H groups in total. The van der Waals surface area contributed by atoms with Gasteiger partial charge in [0.05, 0.1) is 50.5 Å². The van der Waals surface area contributed by atoms with Gasteiger partial charge in [-0.1, -0.05) is 6.07 Å². The third-order valence-corrected chi connectivity index (χ3v) is 6.79. The van der Waals surface area contributed by atoms with Crippen molar-refractivity contribution in [2.24, 2.45) is 0 Å². The highest BCUT2D eigenvalue weighted by atomic mass is 32.2. The maximum Gasteiger partial charge on any atom is 0.209 e. The van der Waals surface area contributed by atoms with Crippen LogP contribution in [0.4, 0.5) is 5.69 Å². The first kappa shape index (κ1) is 20.1. The van der Waals surface area contributed by atoms with E-state index >= 15 is 0 Å². The van der Waals surface area contributed by atoms with Gasteiger partial charge in [-0.25, -0.2) is 13.1 Å². The van der Waals surface area contributed by atoms with Crippen LogP contribution in [-0.4, -0.2) is 54.0 Å². The number of hydrogen-bond donors (Lipinski definition) is 2. The van der Waals surface area contributed by atoms with E-state index in [1.54, 1.807) is 18.4 Å². The zero-order valence-corrected chi connectivity index (χ0v) is 17.6. The van der Waals surface area contributed by atoms with E-state index < -0.39 is 10.0 Å². The maximum atomic E-state index is 11.8. The molecule has 0 amide bonds. The molecule has 1 aliphatic rings. The summed E-state index contributed by atoms with van der Waals surface area (Å²) in [6.07, 6.45) is 1.23. The standard InChI is InChI=1S/C19H27N3O3S2/c1-15(20-27(3,23)24)19(18-5-4-14-26-18)22-12-10-21(11-13-22)16-6-8-17(25-2)9-7-16/h4-9,14-15,19-20H,10-13H2,1-3H3/p+1/t15-,19+/m0/s1. The van der Waals surface area contributed by atoms with Crippen LogP contribution in [0.25, 0.3) is 0 Å². The number of anilines is 1. The quantitative estimate of drug-likeness (QED) is 0.719. The average molecular weight is 411 g/mol. The van der Waals surface area contributed by atoms with E-state index in [4.69, 9.17) is 4.74 Å². The van der Waals surface area contributed by atoms with Gasteiger partial charge < -0.3 is 14.5 Å². The number of nitrogens with zero attached hydrogens (tertiary/aromatic N) is 1. The van der Waals surface area contributed by atoms with Gasteiger partial charge in [-0.15, -0.1) is 11.3 Å². The second kappa shape index (κ2) is 8.60. The Hall–Kier alpha value is -1.61. The number of methoxy groups -OCH3 is 1. The molecule has 1 aliphatic heterocycles. The highest BCUT2D eigenvalue weighted by molar-refractivity contribution is 7.88. The lowest BCUT2D eigenvalue weighted by Crippen LogP contribution is -3.16. The minimum Gasteiger partial charge on any atom is -0.497 e. The monoisotopic (exact) mass is 410 g/mol. The Kier molecular flexibility index (Phi) is 6.41. The Morgan fingerprint density at radius 2 is 1.85 bits per heavy atom. The third-order valence-electron chi connectivity index (χ3n) is 5.03. The van der Waals surface area contributed by atoms with Crippen LogP contribution in [0.2, 0.25) is 0 Å². The number of hydrogen-bond acceptors (Lipinski definition) is 5. The Morgan fingerprint density at radius 1 is 1.19 bits per heavy atom. The van der Waals surface area contributed by atoms with E-state index in [0.29, 0.717) is 0 Å². The zero-order valence-electron chi connectivity index (χ0n) is 16.0. The minimum atomic E-state index is -3.24. The number of quaternary nitrogens is 1. The molecule has 0 spiro atoms. The van der Waals surface area contributed by atoms with E-state index in [1.807, 2.05) is 25.1 Å². The van der Waals surface area contributed by atoms with Crippen LogP contribution >= 0.6 is 11.3 Å². The van der Waals surface area contributed by atoms with Gasteiger partial charge in [-0.3, -0.25) is 0 Å². The van der Waals surface area contributed by atoms with Gasteiger partial charge in [0.25, 0.3) is 0 Å². The summed E-state index contributed by atoms with van der Waals surface area (Å²) >= 11 is 1.70. The second-order valence-corrected chi connectivity index (χ2v) is 9.77. The molecule has 0 aliphatic carbocycles. The normalized spacial score (nSPS) is 18.3. The number of sulfonamides is 1. The highest BCUT2D eigenvalue weighted by Gasteiger charge is 2.34. The molecule has 1 aromatic heterocycles. The Labute approximate surface area is 165 Å². The van der Waals surface area contributed by atoms with Crippen molar-refractivity contribution >= 4 is 27.0 Å². The van der Waals surface area contributed by atoms with Gasteiger partial charge in [-0.05, 0) is 42.6 Å². The van der Waals surface area contributed by atoms with Gasteiger partial charge in [0.1, 0.15) is 11.8 Å². The first-order valence-electron chi connectivity index (χ1n) is 9.11. The Morgan fingerprint density at radius 3 is 2.37 bits per heavy atom. The molecule has 2 heterocycles. The number of piperazine rings is 1. The van der Waals surface area contributed by atoms with E-state index in [0.717, 1.165) is 31.9 Å². The molecule has 1 fully saturated rings. The van der Waals surface area contributed by atoms with Crippen LogP contribution in [-0.2, 0) is 10.0 Å². The van der Waals surface area contributed by atoms with E-state index in [1.165, 1.54) is 21.7 Å². The lowest BCUT2D eigenvalue weighted by molar-refractivity contribution is -0.933. The fourth-order valence-corrected chi connectivity index (χ4v) is 5.63. The topological polar surface area (TPSA) is 63.1 Å². The SMILES string of the molecule is COc1ccc(N2CC[NH+]([C@@H](c3cccs3)[C@H](C)NS(C)(=O)=O)CC2)cc1. The largest absolute Gasteiger partial charge is 0.497 e. The van der Waals surface area contributed by atoms with Crippen molar-refractivity contribution in [1.29, 1.82) is 0 Å². The molecule has 27 heavy (non-hydrogen) atoms. The van der Waals surface area contributed by atoms with E-state index in [9.17, 15) is 8.42 Å². The van der Waals surface area contributed by atoms with Gasteiger partial charge in [0, 0.05) is 5.69 Å². The second-order valence-electron chi connectivity index (χ2n) is 7.02. The summed E-state index contributed by atoms with van der Waals surface area (Å²) in [7, 11) is -1.57. The number of ether oxygens (including phenoxy) is 1. The smallest absolute Gasteiger partial charge is 0.209 e. The minimum absolute atomic E-state index is 0.123. The van der Waals surface area contributed by atoms with Crippen molar-refractivity contribution in [3.8, 4) is 5.75 Å². The van der Waals surface area contributed by atoms with Crippen molar-refractivity contribution < 1.29 is 18.1 Å². The van der Waals surface area contributed by atoms with Gasteiger partial charge in [0.2, 0.25) is 10.0 Å². The number of thiophene rings is 1. The number of nitrogens with one attached hydrogen (secondary N) is 2. The van der Waals surface area contributed by atoms with Gasteiger partial charge in [0.15, 0.2) is 0 Å². The lowest BCUT2D eigenvalue weighted by atomic mass is 10.1. The molecule has 0 saturated carbocycles. The third kappa shape index (κ3) is 5.22. The molecule has 2 aromatic rings. The predicted molar refractivity (Wildman–Crippen MR) is 110 cm³/mol. The van der Waals surface area contributed by atoms with Crippen LogP contribution in [0.1, 0.15) is 17.8 Å². The molecule has 1 saturated heterocycles.